The Morgan fingerprint density at radius 3 is 2.85 bits per heavy atom. The van der Waals surface area contributed by atoms with E-state index >= 15 is 0 Å². The van der Waals surface area contributed by atoms with E-state index in [4.69, 9.17) is 4.74 Å². The lowest BCUT2D eigenvalue weighted by atomic mass is 9.90. The Morgan fingerprint density at radius 2 is 2.08 bits per heavy atom. The van der Waals surface area contributed by atoms with Crippen LogP contribution in [0.25, 0.3) is 0 Å². The second-order valence-corrected chi connectivity index (χ2v) is 7.34. The Balaban J connectivity index is 1.47. The lowest BCUT2D eigenvalue weighted by molar-refractivity contribution is 0.0403. The molecular formula is C21H23FN2O2. The molecule has 0 radical (unpaired) electrons. The highest BCUT2D eigenvalue weighted by Gasteiger charge is 2.45. The molecule has 5 heteroatoms. The third-order valence-electron chi connectivity index (χ3n) is 5.61. The minimum Gasteiger partial charge on any atom is -0.477 e. The number of nitrogens with zero attached hydrogens (tertiary/aromatic N) is 2. The number of fused-ring (bicyclic) bond motifs is 2. The lowest BCUT2D eigenvalue weighted by Crippen LogP contribution is -2.49. The van der Waals surface area contributed by atoms with Crippen LogP contribution in [-0.2, 0) is 0 Å². The van der Waals surface area contributed by atoms with Crippen molar-refractivity contribution in [3.8, 4) is 5.88 Å². The number of halogens is 1. The van der Waals surface area contributed by atoms with Crippen LogP contribution in [0.2, 0.25) is 0 Å². The van der Waals surface area contributed by atoms with Gasteiger partial charge < -0.3 is 9.64 Å². The molecule has 2 aliphatic rings. The van der Waals surface area contributed by atoms with Gasteiger partial charge in [0, 0.05) is 29.6 Å². The maximum Gasteiger partial charge on any atom is 0.254 e. The van der Waals surface area contributed by atoms with Gasteiger partial charge in [0.2, 0.25) is 5.88 Å². The average molecular weight is 354 g/mol. The Labute approximate surface area is 153 Å². The van der Waals surface area contributed by atoms with Gasteiger partial charge in [-0.2, -0.15) is 0 Å². The third kappa shape index (κ3) is 3.30. The molecule has 3 atom stereocenters. The number of aryl methyl sites for hydroxylation is 1. The second-order valence-electron chi connectivity index (χ2n) is 7.34. The Morgan fingerprint density at radius 1 is 1.23 bits per heavy atom. The van der Waals surface area contributed by atoms with Gasteiger partial charge in [0.1, 0.15) is 5.82 Å². The van der Waals surface area contributed by atoms with Crippen molar-refractivity contribution in [3.05, 3.63) is 59.5 Å². The maximum absolute atomic E-state index is 13.1. The van der Waals surface area contributed by atoms with E-state index in [1.54, 1.807) is 6.07 Å². The fourth-order valence-corrected chi connectivity index (χ4v) is 4.34. The van der Waals surface area contributed by atoms with E-state index in [9.17, 15) is 9.18 Å². The summed E-state index contributed by atoms with van der Waals surface area (Å²) in [5.41, 5.74) is 1.87. The molecule has 2 bridgehead atoms. The smallest absolute Gasteiger partial charge is 0.254 e. The molecule has 26 heavy (non-hydrogen) atoms. The average Bonchev–Trinajstić information content (AvgIpc) is 2.96. The van der Waals surface area contributed by atoms with E-state index in [1.165, 1.54) is 6.07 Å². The van der Waals surface area contributed by atoms with Crippen LogP contribution in [0.5, 0.6) is 5.88 Å². The molecule has 2 fully saturated rings. The maximum atomic E-state index is 13.1. The van der Waals surface area contributed by atoms with Crippen molar-refractivity contribution < 1.29 is 13.9 Å². The number of carbonyl (C=O) groups is 1. The van der Waals surface area contributed by atoms with Crippen LogP contribution in [0, 0.1) is 18.7 Å². The van der Waals surface area contributed by atoms with Crippen LogP contribution >= 0.6 is 0 Å². The number of benzene rings is 1. The van der Waals surface area contributed by atoms with Crippen molar-refractivity contribution in [1.82, 2.24) is 9.88 Å². The van der Waals surface area contributed by atoms with E-state index in [0.717, 1.165) is 43.0 Å². The van der Waals surface area contributed by atoms with Crippen LogP contribution in [0.4, 0.5) is 4.39 Å². The molecule has 0 aliphatic carbocycles. The van der Waals surface area contributed by atoms with Crippen molar-refractivity contribution in [2.24, 2.45) is 5.92 Å². The van der Waals surface area contributed by atoms with Gasteiger partial charge in [0.15, 0.2) is 0 Å². The van der Waals surface area contributed by atoms with Gasteiger partial charge in [0.25, 0.3) is 5.91 Å². The molecule has 0 N–H and O–H groups in total. The normalized spacial score (nSPS) is 24.5. The van der Waals surface area contributed by atoms with Crippen LogP contribution in [-0.4, -0.2) is 34.5 Å². The van der Waals surface area contributed by atoms with Gasteiger partial charge in [-0.05, 0) is 50.8 Å². The van der Waals surface area contributed by atoms with Gasteiger partial charge in [-0.3, -0.25) is 4.79 Å². The standard InChI is InChI=1S/C21H23FN2O2/c1-14-3-2-4-15(11-14)21(25)24-18-7-5-16(19(24)9-8-18)13-26-20-10-6-17(22)12-23-20/h2-4,6,10-12,16,18-19H,5,7-9,13H2,1H3. The molecule has 1 amide bonds. The summed E-state index contributed by atoms with van der Waals surface area (Å²) in [6, 6.07) is 11.3. The number of amides is 1. The Kier molecular flexibility index (Phi) is 4.62. The zero-order chi connectivity index (χ0) is 18.1. The third-order valence-corrected chi connectivity index (χ3v) is 5.61. The van der Waals surface area contributed by atoms with Crippen molar-refractivity contribution in [1.29, 1.82) is 0 Å². The highest BCUT2D eigenvalue weighted by Crippen LogP contribution is 2.40. The van der Waals surface area contributed by atoms with E-state index in [0.29, 0.717) is 18.5 Å². The van der Waals surface area contributed by atoms with Crippen LogP contribution in [0.3, 0.4) is 0 Å². The molecular weight excluding hydrogens is 331 g/mol. The largest absolute Gasteiger partial charge is 0.477 e. The molecule has 4 rings (SSSR count). The fourth-order valence-electron chi connectivity index (χ4n) is 4.34. The topological polar surface area (TPSA) is 42.4 Å². The number of carbonyl (C=O) groups excluding carboxylic acids is 1. The SMILES string of the molecule is Cc1cccc(C(=O)N2C3CCC(COc4ccc(F)cn4)C2CC3)c1. The van der Waals surface area contributed by atoms with Crippen molar-refractivity contribution in [2.45, 2.75) is 44.7 Å². The Bertz CT molecular complexity index is 793. The van der Waals surface area contributed by atoms with Crippen LogP contribution < -0.4 is 4.74 Å². The monoisotopic (exact) mass is 354 g/mol. The lowest BCUT2D eigenvalue weighted by Gasteiger charge is -2.40. The summed E-state index contributed by atoms with van der Waals surface area (Å²) in [6.45, 7) is 2.52. The minimum absolute atomic E-state index is 0.130. The van der Waals surface area contributed by atoms with Gasteiger partial charge in [0.05, 0.1) is 12.8 Å². The summed E-state index contributed by atoms with van der Waals surface area (Å²) >= 11 is 0. The second kappa shape index (κ2) is 7.06. The summed E-state index contributed by atoms with van der Waals surface area (Å²) in [5, 5.41) is 0. The summed E-state index contributed by atoms with van der Waals surface area (Å²) in [7, 11) is 0. The number of hydrogen-bond donors (Lipinski definition) is 0. The van der Waals surface area contributed by atoms with Crippen molar-refractivity contribution >= 4 is 5.91 Å². The molecule has 2 saturated heterocycles. The number of piperidine rings is 1. The predicted molar refractivity (Wildman–Crippen MR) is 96.6 cm³/mol. The molecule has 3 heterocycles. The van der Waals surface area contributed by atoms with Gasteiger partial charge in [-0.1, -0.05) is 17.7 Å². The summed E-state index contributed by atoms with van der Waals surface area (Å²) in [5.74, 6) is 0.479. The molecule has 4 nitrogen and oxygen atoms in total. The highest BCUT2D eigenvalue weighted by molar-refractivity contribution is 5.95. The quantitative estimate of drug-likeness (QED) is 0.834. The number of pyridine rings is 1. The van der Waals surface area contributed by atoms with Crippen LogP contribution in [0.15, 0.2) is 42.6 Å². The number of aromatic nitrogens is 1. The van der Waals surface area contributed by atoms with Gasteiger partial charge >= 0.3 is 0 Å². The summed E-state index contributed by atoms with van der Waals surface area (Å²) in [6.07, 6.45) is 5.31. The molecule has 0 spiro atoms. The number of rotatable bonds is 4. The van der Waals surface area contributed by atoms with Gasteiger partial charge in [-0.25, -0.2) is 9.37 Å². The van der Waals surface area contributed by atoms with E-state index in [2.05, 4.69) is 9.88 Å². The Hall–Kier alpha value is -2.43. The predicted octanol–water partition coefficient (Wildman–Crippen LogP) is 3.99. The molecule has 2 aromatic rings. The number of ether oxygens (including phenoxy) is 1. The zero-order valence-electron chi connectivity index (χ0n) is 14.9. The first-order chi connectivity index (χ1) is 12.6. The van der Waals surface area contributed by atoms with Gasteiger partial charge in [-0.15, -0.1) is 0 Å². The number of hydrogen-bond acceptors (Lipinski definition) is 3. The first-order valence-electron chi connectivity index (χ1n) is 9.25. The first kappa shape index (κ1) is 17.0. The molecule has 1 aromatic carbocycles. The minimum atomic E-state index is -0.372. The summed E-state index contributed by atoms with van der Waals surface area (Å²) in [4.78, 5) is 19.1. The molecule has 3 unspecified atom stereocenters. The van der Waals surface area contributed by atoms with E-state index in [-0.39, 0.29) is 23.7 Å². The molecule has 1 aromatic heterocycles. The fraction of sp³-hybridized carbons (Fsp3) is 0.429. The van der Waals surface area contributed by atoms with Crippen LogP contribution in [0.1, 0.15) is 41.6 Å². The van der Waals surface area contributed by atoms with E-state index < -0.39 is 0 Å². The highest BCUT2D eigenvalue weighted by atomic mass is 19.1. The molecule has 136 valence electrons. The summed E-state index contributed by atoms with van der Waals surface area (Å²) < 4.78 is 18.8. The first-order valence-corrected chi connectivity index (χ1v) is 9.25. The van der Waals surface area contributed by atoms with Crippen molar-refractivity contribution in [3.63, 3.8) is 0 Å². The molecule has 0 saturated carbocycles. The molecule has 2 aliphatic heterocycles. The van der Waals surface area contributed by atoms with Crippen molar-refractivity contribution in [2.75, 3.05) is 6.61 Å². The van der Waals surface area contributed by atoms with E-state index in [1.807, 2.05) is 31.2 Å². The zero-order valence-corrected chi connectivity index (χ0v) is 14.9.